The van der Waals surface area contributed by atoms with Gasteiger partial charge in [-0.25, -0.2) is 13.8 Å². The Balaban J connectivity index is 1.87. The van der Waals surface area contributed by atoms with Crippen LogP contribution in [0, 0.1) is 5.41 Å². The van der Waals surface area contributed by atoms with Gasteiger partial charge < -0.3 is 9.84 Å². The number of nitrogens with zero attached hydrogens (tertiary/aromatic N) is 1. The van der Waals surface area contributed by atoms with Crippen LogP contribution in [-0.4, -0.2) is 28.0 Å². The summed E-state index contributed by atoms with van der Waals surface area (Å²) in [6.07, 6.45) is 1.64. The first-order valence-electron chi connectivity index (χ1n) is 9.49. The third-order valence-electron chi connectivity index (χ3n) is 5.39. The highest BCUT2D eigenvalue weighted by molar-refractivity contribution is 5.83. The van der Waals surface area contributed by atoms with Gasteiger partial charge in [0.2, 0.25) is 5.92 Å². The van der Waals surface area contributed by atoms with E-state index in [4.69, 9.17) is 4.74 Å². The van der Waals surface area contributed by atoms with E-state index in [0.717, 1.165) is 10.9 Å². The molecule has 1 heterocycles. The summed E-state index contributed by atoms with van der Waals surface area (Å²) in [6.45, 7) is 3.06. The molecule has 1 aromatic heterocycles. The molecule has 0 unspecified atom stereocenters. The average Bonchev–Trinajstić information content (AvgIpc) is 2.66. The van der Waals surface area contributed by atoms with Gasteiger partial charge in [-0.2, -0.15) is 0 Å². The van der Waals surface area contributed by atoms with Crippen LogP contribution < -0.4 is 0 Å². The Morgan fingerprint density at radius 1 is 1.17 bits per heavy atom. The second-order valence-corrected chi connectivity index (χ2v) is 7.59. The summed E-state index contributed by atoms with van der Waals surface area (Å²) in [5.74, 6) is -4.27. The SMILES string of the molecule is CC(=O)O[C@H](C)c1ccc2ccc(/C=C/C3(C(=O)O)CCC(F)(F)CC3)cc2n1. The molecule has 5 nitrogen and oxygen atoms in total. The molecule has 1 fully saturated rings. The van der Waals surface area contributed by atoms with Gasteiger partial charge in [0.15, 0.2) is 0 Å². The zero-order valence-electron chi connectivity index (χ0n) is 16.3. The molecule has 3 rings (SSSR count). The topological polar surface area (TPSA) is 76.5 Å². The number of hydrogen-bond acceptors (Lipinski definition) is 4. The molecule has 1 N–H and O–H groups in total. The van der Waals surface area contributed by atoms with Crippen molar-refractivity contribution in [3.8, 4) is 0 Å². The molecule has 0 saturated heterocycles. The minimum absolute atomic E-state index is 0.0955. The number of benzene rings is 1. The minimum atomic E-state index is -2.80. The Labute approximate surface area is 167 Å². The van der Waals surface area contributed by atoms with Crippen LogP contribution in [0.25, 0.3) is 17.0 Å². The van der Waals surface area contributed by atoms with Crippen molar-refractivity contribution in [2.24, 2.45) is 5.41 Å². The third-order valence-corrected chi connectivity index (χ3v) is 5.39. The van der Waals surface area contributed by atoms with Gasteiger partial charge in [0.1, 0.15) is 6.10 Å². The second kappa shape index (κ2) is 7.89. The van der Waals surface area contributed by atoms with Gasteiger partial charge >= 0.3 is 11.9 Å². The Morgan fingerprint density at radius 2 is 1.83 bits per heavy atom. The van der Waals surface area contributed by atoms with Crippen LogP contribution in [0.15, 0.2) is 36.4 Å². The number of carbonyl (C=O) groups excluding carboxylic acids is 1. The Hall–Kier alpha value is -2.83. The number of carboxylic acid groups (broad SMARTS) is 1. The first-order chi connectivity index (χ1) is 13.6. The largest absolute Gasteiger partial charge is 0.481 e. The molecule has 0 amide bonds. The normalized spacial score (nSPS) is 19.2. The molecule has 1 aromatic carbocycles. The maximum absolute atomic E-state index is 13.5. The van der Waals surface area contributed by atoms with E-state index in [1.807, 2.05) is 18.2 Å². The monoisotopic (exact) mass is 403 g/mol. The first kappa shape index (κ1) is 20.9. The quantitative estimate of drug-likeness (QED) is 0.699. The summed E-state index contributed by atoms with van der Waals surface area (Å²) in [5.41, 5.74) is 0.712. The Morgan fingerprint density at radius 3 is 2.45 bits per heavy atom. The first-order valence-corrected chi connectivity index (χ1v) is 9.49. The Kier molecular flexibility index (Phi) is 5.68. The molecule has 29 heavy (non-hydrogen) atoms. The number of halogens is 2. The van der Waals surface area contributed by atoms with Crippen LogP contribution in [0.1, 0.15) is 56.9 Å². The van der Waals surface area contributed by atoms with Crippen molar-refractivity contribution in [1.29, 1.82) is 0 Å². The zero-order chi connectivity index (χ0) is 21.2. The van der Waals surface area contributed by atoms with Crippen molar-refractivity contribution in [3.05, 3.63) is 47.7 Å². The Bertz CT molecular complexity index is 960. The van der Waals surface area contributed by atoms with E-state index in [9.17, 15) is 23.5 Å². The molecule has 0 aliphatic heterocycles. The molecule has 7 heteroatoms. The zero-order valence-corrected chi connectivity index (χ0v) is 16.3. The van der Waals surface area contributed by atoms with Gasteiger partial charge in [-0.3, -0.25) is 9.59 Å². The summed E-state index contributed by atoms with van der Waals surface area (Å²) in [6, 6.07) is 9.12. The molecule has 1 aliphatic carbocycles. The predicted octanol–water partition coefficient (Wildman–Crippen LogP) is 5.15. The van der Waals surface area contributed by atoms with Gasteiger partial charge in [-0.05, 0) is 37.5 Å². The second-order valence-electron chi connectivity index (χ2n) is 7.59. The van der Waals surface area contributed by atoms with E-state index in [0.29, 0.717) is 11.2 Å². The standard InChI is InChI=1S/C22H23F2NO4/c1-14(29-15(2)26)18-6-5-17-4-3-16(13-19(17)25-18)7-8-21(20(27)28)9-11-22(23,24)12-10-21/h3-8,13-14H,9-12H2,1-2H3,(H,27,28)/b8-7+/t14-/m1/s1. The van der Waals surface area contributed by atoms with E-state index in [1.54, 1.807) is 25.1 Å². The maximum Gasteiger partial charge on any atom is 0.313 e. The van der Waals surface area contributed by atoms with Crippen molar-refractivity contribution in [3.63, 3.8) is 0 Å². The minimum Gasteiger partial charge on any atom is -0.481 e. The number of esters is 1. The number of carbonyl (C=O) groups is 2. The summed E-state index contributed by atoms with van der Waals surface area (Å²) < 4.78 is 32.1. The molecule has 154 valence electrons. The van der Waals surface area contributed by atoms with Crippen molar-refractivity contribution in [2.75, 3.05) is 0 Å². The van der Waals surface area contributed by atoms with E-state index in [1.165, 1.54) is 13.0 Å². The van der Waals surface area contributed by atoms with E-state index < -0.39 is 42.2 Å². The highest BCUT2D eigenvalue weighted by Crippen LogP contribution is 2.45. The van der Waals surface area contributed by atoms with Gasteiger partial charge in [-0.1, -0.05) is 30.4 Å². The molecule has 1 aliphatic rings. The lowest BCUT2D eigenvalue weighted by Gasteiger charge is -2.34. The number of carboxylic acids is 1. The van der Waals surface area contributed by atoms with Crippen LogP contribution >= 0.6 is 0 Å². The number of fused-ring (bicyclic) bond motifs is 1. The summed E-state index contributed by atoms with van der Waals surface area (Å²) in [7, 11) is 0. The number of pyridine rings is 1. The number of rotatable bonds is 5. The lowest BCUT2D eigenvalue weighted by Crippen LogP contribution is -2.37. The third kappa shape index (κ3) is 4.78. The van der Waals surface area contributed by atoms with Crippen molar-refractivity contribution in [1.82, 2.24) is 4.98 Å². The molecule has 0 spiro atoms. The number of alkyl halides is 2. The van der Waals surface area contributed by atoms with Crippen LogP contribution in [0.3, 0.4) is 0 Å². The molecule has 0 bridgehead atoms. The fourth-order valence-corrected chi connectivity index (χ4v) is 3.56. The molecular weight excluding hydrogens is 380 g/mol. The molecular formula is C22H23F2NO4. The number of aromatic nitrogens is 1. The summed E-state index contributed by atoms with van der Waals surface area (Å²) in [5, 5.41) is 10.5. The van der Waals surface area contributed by atoms with E-state index >= 15 is 0 Å². The fourth-order valence-electron chi connectivity index (χ4n) is 3.56. The van der Waals surface area contributed by atoms with Gasteiger partial charge in [-0.15, -0.1) is 0 Å². The van der Waals surface area contributed by atoms with Crippen molar-refractivity contribution >= 4 is 28.9 Å². The van der Waals surface area contributed by atoms with Crippen LogP contribution in [-0.2, 0) is 14.3 Å². The van der Waals surface area contributed by atoms with E-state index in [2.05, 4.69) is 4.98 Å². The highest BCUT2D eigenvalue weighted by atomic mass is 19.3. The van der Waals surface area contributed by atoms with E-state index in [-0.39, 0.29) is 12.8 Å². The summed E-state index contributed by atoms with van der Waals surface area (Å²) in [4.78, 5) is 27.5. The lowest BCUT2D eigenvalue weighted by molar-refractivity contribution is -0.152. The fraction of sp³-hybridized carbons (Fsp3) is 0.409. The molecule has 0 radical (unpaired) electrons. The van der Waals surface area contributed by atoms with Crippen LogP contribution in [0.4, 0.5) is 8.78 Å². The molecule has 1 saturated carbocycles. The predicted molar refractivity (Wildman–Crippen MR) is 104 cm³/mol. The molecule has 1 atom stereocenters. The maximum atomic E-state index is 13.5. The summed E-state index contributed by atoms with van der Waals surface area (Å²) >= 11 is 0. The highest BCUT2D eigenvalue weighted by Gasteiger charge is 2.46. The van der Waals surface area contributed by atoms with Crippen molar-refractivity contribution < 1.29 is 28.2 Å². The van der Waals surface area contributed by atoms with Gasteiger partial charge in [0.05, 0.1) is 16.6 Å². The smallest absolute Gasteiger partial charge is 0.313 e. The van der Waals surface area contributed by atoms with Crippen LogP contribution in [0.2, 0.25) is 0 Å². The number of ether oxygens (including phenoxy) is 1. The van der Waals surface area contributed by atoms with Gasteiger partial charge in [0.25, 0.3) is 0 Å². The number of aliphatic carboxylic acids is 1. The van der Waals surface area contributed by atoms with Crippen LogP contribution in [0.5, 0.6) is 0 Å². The molecule has 2 aromatic rings. The van der Waals surface area contributed by atoms with Gasteiger partial charge in [0, 0.05) is 25.2 Å². The number of hydrogen-bond donors (Lipinski definition) is 1. The average molecular weight is 403 g/mol. The van der Waals surface area contributed by atoms with Crippen molar-refractivity contribution in [2.45, 2.75) is 51.6 Å². The lowest BCUT2D eigenvalue weighted by atomic mass is 9.72.